The van der Waals surface area contributed by atoms with E-state index < -0.39 is 19.2 Å². The minimum Gasteiger partial charge on any atom is -0.480 e. The highest BCUT2D eigenvalue weighted by atomic mass is 31.2. The van der Waals surface area contributed by atoms with Crippen molar-refractivity contribution >= 4 is 23.7 Å². The Morgan fingerprint density at radius 1 is 0.957 bits per heavy atom. The SMILES string of the molecule is NC(CCCCP(=O)(c1ccccc1)c1ccccc1)C(=O)O. The molecule has 2 aromatic carbocycles. The lowest BCUT2D eigenvalue weighted by Gasteiger charge is -2.19. The highest BCUT2D eigenvalue weighted by molar-refractivity contribution is 7.78. The van der Waals surface area contributed by atoms with Gasteiger partial charge in [0.05, 0.1) is 0 Å². The van der Waals surface area contributed by atoms with Crippen molar-refractivity contribution in [2.75, 3.05) is 6.16 Å². The standard InChI is InChI=1S/C18H22NO3P/c19-17(18(20)21)13-7-8-14-23(22,15-9-3-1-4-10-15)16-11-5-2-6-12-16/h1-6,9-12,17H,7-8,13-14,19H2,(H,20,21). The Kier molecular flexibility index (Phi) is 6.14. The monoisotopic (exact) mass is 331 g/mol. The summed E-state index contributed by atoms with van der Waals surface area (Å²) in [6, 6.07) is 18.1. The van der Waals surface area contributed by atoms with Crippen LogP contribution in [0.1, 0.15) is 19.3 Å². The van der Waals surface area contributed by atoms with Crippen LogP contribution >= 0.6 is 7.14 Å². The molecule has 5 heteroatoms. The van der Waals surface area contributed by atoms with E-state index in [4.69, 9.17) is 10.8 Å². The summed E-state index contributed by atoms with van der Waals surface area (Å²) in [7, 11) is -2.70. The van der Waals surface area contributed by atoms with Gasteiger partial charge in [-0.2, -0.15) is 0 Å². The van der Waals surface area contributed by atoms with Gasteiger partial charge in [-0.05, 0) is 12.8 Å². The number of aliphatic carboxylic acids is 1. The zero-order chi connectivity index (χ0) is 16.7. The van der Waals surface area contributed by atoms with E-state index in [2.05, 4.69) is 0 Å². The summed E-state index contributed by atoms with van der Waals surface area (Å²) in [6.45, 7) is 0. The third kappa shape index (κ3) is 4.54. The Balaban J connectivity index is 2.13. The number of hydrogen-bond acceptors (Lipinski definition) is 3. The summed E-state index contributed by atoms with van der Waals surface area (Å²) in [4.78, 5) is 10.8. The molecule has 0 radical (unpaired) electrons. The predicted molar refractivity (Wildman–Crippen MR) is 94.1 cm³/mol. The molecule has 2 aromatic rings. The number of carbonyl (C=O) groups is 1. The maximum Gasteiger partial charge on any atom is 0.320 e. The second kappa shape index (κ2) is 8.09. The number of hydrogen-bond donors (Lipinski definition) is 2. The molecule has 4 nitrogen and oxygen atoms in total. The van der Waals surface area contributed by atoms with Gasteiger partial charge in [-0.15, -0.1) is 0 Å². The Hall–Kier alpha value is -1.90. The van der Waals surface area contributed by atoms with Crippen LogP contribution < -0.4 is 16.3 Å². The molecule has 1 unspecified atom stereocenters. The number of unbranched alkanes of at least 4 members (excludes halogenated alkanes) is 1. The van der Waals surface area contributed by atoms with Crippen molar-refractivity contribution in [2.24, 2.45) is 5.73 Å². The van der Waals surface area contributed by atoms with Crippen molar-refractivity contribution in [2.45, 2.75) is 25.3 Å². The lowest BCUT2D eigenvalue weighted by Crippen LogP contribution is -2.29. The van der Waals surface area contributed by atoms with Crippen molar-refractivity contribution in [3.8, 4) is 0 Å². The summed E-state index contributed by atoms with van der Waals surface area (Å²) in [5, 5.41) is 10.5. The minimum absolute atomic E-state index is 0.402. The lowest BCUT2D eigenvalue weighted by molar-refractivity contribution is -0.138. The molecule has 0 bridgehead atoms. The Morgan fingerprint density at radius 3 is 1.87 bits per heavy atom. The molecule has 0 aliphatic carbocycles. The van der Waals surface area contributed by atoms with Crippen molar-refractivity contribution in [3.05, 3.63) is 60.7 Å². The van der Waals surface area contributed by atoms with Gasteiger partial charge >= 0.3 is 5.97 Å². The first kappa shape index (κ1) is 17.5. The molecule has 1 atom stereocenters. The van der Waals surface area contributed by atoms with E-state index in [1.165, 1.54) is 0 Å². The highest BCUT2D eigenvalue weighted by Gasteiger charge is 2.26. The maximum atomic E-state index is 13.6. The van der Waals surface area contributed by atoms with Gasteiger partial charge in [-0.3, -0.25) is 4.79 Å². The molecule has 2 rings (SSSR count). The van der Waals surface area contributed by atoms with Crippen LogP contribution in [0.25, 0.3) is 0 Å². The van der Waals surface area contributed by atoms with Gasteiger partial charge in [0.15, 0.2) is 0 Å². The van der Waals surface area contributed by atoms with Crippen LogP contribution in [-0.4, -0.2) is 23.3 Å². The molecule has 0 saturated carbocycles. The molecule has 0 aliphatic heterocycles. The zero-order valence-corrected chi connectivity index (χ0v) is 13.9. The quantitative estimate of drug-likeness (QED) is 0.575. The lowest BCUT2D eigenvalue weighted by atomic mass is 10.1. The maximum absolute atomic E-state index is 13.6. The largest absolute Gasteiger partial charge is 0.480 e. The molecule has 0 amide bonds. The van der Waals surface area contributed by atoms with Gasteiger partial charge < -0.3 is 15.4 Å². The third-order valence-electron chi connectivity index (χ3n) is 3.90. The van der Waals surface area contributed by atoms with E-state index in [1.54, 1.807) is 0 Å². The minimum atomic E-state index is -2.70. The molecule has 122 valence electrons. The Morgan fingerprint density at radius 2 is 1.43 bits per heavy atom. The second-order valence-electron chi connectivity index (χ2n) is 5.57. The summed E-state index contributed by atoms with van der Waals surface area (Å²) in [6.07, 6.45) is 2.26. The number of rotatable bonds is 8. The van der Waals surface area contributed by atoms with E-state index in [-0.39, 0.29) is 0 Å². The molecular formula is C18H22NO3P. The van der Waals surface area contributed by atoms with E-state index in [9.17, 15) is 9.36 Å². The second-order valence-corrected chi connectivity index (χ2v) is 8.53. The van der Waals surface area contributed by atoms with Crippen molar-refractivity contribution in [3.63, 3.8) is 0 Å². The molecular weight excluding hydrogens is 309 g/mol. The molecule has 0 heterocycles. The fourth-order valence-corrected chi connectivity index (χ4v) is 5.36. The Bertz CT molecular complexity index is 630. The van der Waals surface area contributed by atoms with Crippen LogP contribution in [0.4, 0.5) is 0 Å². The van der Waals surface area contributed by atoms with E-state index in [0.29, 0.717) is 25.4 Å². The van der Waals surface area contributed by atoms with E-state index in [1.807, 2.05) is 60.7 Å². The molecule has 3 N–H and O–H groups in total. The Labute approximate surface area is 136 Å². The summed E-state index contributed by atoms with van der Waals surface area (Å²) >= 11 is 0. The van der Waals surface area contributed by atoms with Crippen LogP contribution in [0, 0.1) is 0 Å². The van der Waals surface area contributed by atoms with Crippen LogP contribution in [0.5, 0.6) is 0 Å². The first-order chi connectivity index (χ1) is 11.0. The molecule has 0 spiro atoms. The van der Waals surface area contributed by atoms with E-state index >= 15 is 0 Å². The fourth-order valence-electron chi connectivity index (χ4n) is 2.57. The van der Waals surface area contributed by atoms with Crippen molar-refractivity contribution in [1.29, 1.82) is 0 Å². The highest BCUT2D eigenvalue weighted by Crippen LogP contribution is 2.44. The number of carboxylic acids is 1. The zero-order valence-electron chi connectivity index (χ0n) is 13.0. The van der Waals surface area contributed by atoms with Crippen LogP contribution in [0.3, 0.4) is 0 Å². The number of carboxylic acid groups (broad SMARTS) is 1. The van der Waals surface area contributed by atoms with Gasteiger partial charge in [0.2, 0.25) is 0 Å². The average molecular weight is 331 g/mol. The van der Waals surface area contributed by atoms with Gasteiger partial charge in [0.1, 0.15) is 13.2 Å². The summed E-state index contributed by atoms with van der Waals surface area (Å²) in [5.41, 5.74) is 5.52. The van der Waals surface area contributed by atoms with Gasteiger partial charge in [-0.25, -0.2) is 0 Å². The normalized spacial score (nSPS) is 12.7. The van der Waals surface area contributed by atoms with Crippen LogP contribution in [0.2, 0.25) is 0 Å². The average Bonchev–Trinajstić information content (AvgIpc) is 2.59. The summed E-state index contributed by atoms with van der Waals surface area (Å²) in [5.74, 6) is -0.987. The molecule has 23 heavy (non-hydrogen) atoms. The smallest absolute Gasteiger partial charge is 0.320 e. The first-order valence-electron chi connectivity index (χ1n) is 7.73. The fraction of sp³-hybridized carbons (Fsp3) is 0.278. The van der Waals surface area contributed by atoms with Gasteiger partial charge in [-0.1, -0.05) is 67.1 Å². The molecule has 0 aliphatic rings. The first-order valence-corrected chi connectivity index (χ1v) is 9.62. The number of benzene rings is 2. The predicted octanol–water partition coefficient (Wildman–Crippen LogP) is 2.58. The van der Waals surface area contributed by atoms with Crippen molar-refractivity contribution < 1.29 is 14.5 Å². The third-order valence-corrected chi connectivity index (χ3v) is 7.11. The topological polar surface area (TPSA) is 80.4 Å². The molecule has 0 aromatic heterocycles. The van der Waals surface area contributed by atoms with Gasteiger partial charge in [0.25, 0.3) is 0 Å². The van der Waals surface area contributed by atoms with Crippen LogP contribution in [0.15, 0.2) is 60.7 Å². The van der Waals surface area contributed by atoms with Crippen LogP contribution in [-0.2, 0) is 9.36 Å². The summed E-state index contributed by atoms with van der Waals surface area (Å²) < 4.78 is 13.6. The van der Waals surface area contributed by atoms with Crippen molar-refractivity contribution in [1.82, 2.24) is 0 Å². The van der Waals surface area contributed by atoms with E-state index in [0.717, 1.165) is 10.6 Å². The molecule has 0 fully saturated rings. The molecule has 0 saturated heterocycles. The van der Waals surface area contributed by atoms with Gasteiger partial charge in [0, 0.05) is 16.8 Å². The number of nitrogens with two attached hydrogens (primary N) is 1.